The summed E-state index contributed by atoms with van der Waals surface area (Å²) < 4.78 is 5.30. The number of anilines is 1. The smallest absolute Gasteiger partial charge is 0.152 e. The van der Waals surface area contributed by atoms with Crippen molar-refractivity contribution in [2.75, 3.05) is 12.4 Å². The van der Waals surface area contributed by atoms with Crippen LogP contribution in [0.4, 0.5) is 5.69 Å². The molecule has 0 aliphatic rings. The van der Waals surface area contributed by atoms with Crippen LogP contribution in [0.5, 0.6) is 5.75 Å². The van der Waals surface area contributed by atoms with Crippen LogP contribution in [0, 0.1) is 6.92 Å². The fraction of sp³-hybridized carbons (Fsp3) is 0.214. The Morgan fingerprint density at radius 1 is 1.26 bits per heavy atom. The normalized spacial score (nSPS) is 10.3. The molecular formula is C14H14Cl2N2O. The Morgan fingerprint density at radius 2 is 2.05 bits per heavy atom. The Morgan fingerprint density at radius 3 is 2.74 bits per heavy atom. The summed E-state index contributed by atoms with van der Waals surface area (Å²) in [7, 11) is 1.63. The molecule has 2 aromatic rings. The summed E-state index contributed by atoms with van der Waals surface area (Å²) in [6, 6.07) is 7.42. The summed E-state index contributed by atoms with van der Waals surface area (Å²) in [5, 5.41) is 4.40. The lowest BCUT2D eigenvalue weighted by molar-refractivity contribution is 0.410. The summed E-state index contributed by atoms with van der Waals surface area (Å²) in [4.78, 5) is 4.06. The first-order chi connectivity index (χ1) is 9.11. The van der Waals surface area contributed by atoms with Crippen molar-refractivity contribution in [1.82, 2.24) is 4.98 Å². The molecule has 2 rings (SSSR count). The summed E-state index contributed by atoms with van der Waals surface area (Å²) in [6.07, 6.45) is 1.68. The average Bonchev–Trinajstić information content (AvgIpc) is 2.38. The van der Waals surface area contributed by atoms with Crippen LogP contribution in [0.15, 0.2) is 30.5 Å². The molecule has 0 fully saturated rings. The molecule has 1 heterocycles. The van der Waals surface area contributed by atoms with Gasteiger partial charge >= 0.3 is 0 Å². The average molecular weight is 297 g/mol. The zero-order valence-electron chi connectivity index (χ0n) is 10.7. The lowest BCUT2D eigenvalue weighted by Gasteiger charge is -2.13. The Kier molecular flexibility index (Phi) is 4.51. The van der Waals surface area contributed by atoms with E-state index in [4.69, 9.17) is 27.9 Å². The summed E-state index contributed by atoms with van der Waals surface area (Å²) in [5.41, 5.74) is 2.83. The van der Waals surface area contributed by atoms with Gasteiger partial charge in [0, 0.05) is 23.3 Å². The molecule has 0 bridgehead atoms. The van der Waals surface area contributed by atoms with Gasteiger partial charge in [-0.2, -0.15) is 0 Å². The van der Waals surface area contributed by atoms with Gasteiger partial charge in [-0.25, -0.2) is 4.98 Å². The van der Waals surface area contributed by atoms with Crippen molar-refractivity contribution in [2.24, 2.45) is 0 Å². The van der Waals surface area contributed by atoms with Crippen molar-refractivity contribution in [3.63, 3.8) is 0 Å². The highest BCUT2D eigenvalue weighted by molar-refractivity contribution is 6.32. The number of methoxy groups -OCH3 is 1. The van der Waals surface area contributed by atoms with Gasteiger partial charge in [0.25, 0.3) is 0 Å². The molecule has 1 aromatic heterocycles. The number of aryl methyl sites for hydroxylation is 1. The second-order valence-electron chi connectivity index (χ2n) is 4.10. The largest absolute Gasteiger partial charge is 0.496 e. The Labute approximate surface area is 122 Å². The summed E-state index contributed by atoms with van der Waals surface area (Å²) in [6.45, 7) is 2.54. The van der Waals surface area contributed by atoms with E-state index in [1.54, 1.807) is 19.4 Å². The van der Waals surface area contributed by atoms with E-state index in [9.17, 15) is 0 Å². The van der Waals surface area contributed by atoms with Crippen LogP contribution in [-0.4, -0.2) is 12.1 Å². The van der Waals surface area contributed by atoms with Crippen molar-refractivity contribution in [3.8, 4) is 5.75 Å². The molecule has 0 aliphatic heterocycles. The molecule has 1 N–H and O–H groups in total. The van der Waals surface area contributed by atoms with E-state index in [0.717, 1.165) is 22.6 Å². The number of hydrogen-bond acceptors (Lipinski definition) is 3. The van der Waals surface area contributed by atoms with E-state index in [1.165, 1.54) is 0 Å². The van der Waals surface area contributed by atoms with Crippen LogP contribution < -0.4 is 10.1 Å². The number of halogens is 2. The number of nitrogens with zero attached hydrogens (tertiary/aromatic N) is 1. The third kappa shape index (κ3) is 3.31. The molecule has 0 saturated carbocycles. The standard InChI is InChI=1S/C14H14Cl2N2O/c1-9-5-6-17-14(16)13(9)18-8-10-7-11(15)3-4-12(10)19-2/h3-7,18H,8H2,1-2H3. The van der Waals surface area contributed by atoms with E-state index in [0.29, 0.717) is 16.7 Å². The molecule has 0 atom stereocenters. The van der Waals surface area contributed by atoms with Gasteiger partial charge in [0.1, 0.15) is 5.75 Å². The fourth-order valence-electron chi connectivity index (χ4n) is 1.81. The van der Waals surface area contributed by atoms with E-state index in [1.807, 2.05) is 25.1 Å². The van der Waals surface area contributed by atoms with Gasteiger partial charge in [-0.1, -0.05) is 23.2 Å². The van der Waals surface area contributed by atoms with Gasteiger partial charge in [-0.15, -0.1) is 0 Å². The predicted molar refractivity (Wildman–Crippen MR) is 79.3 cm³/mol. The molecule has 0 amide bonds. The molecule has 0 aliphatic carbocycles. The Bertz CT molecular complexity index is 567. The van der Waals surface area contributed by atoms with Gasteiger partial charge in [-0.3, -0.25) is 0 Å². The number of nitrogens with one attached hydrogen (secondary N) is 1. The summed E-state index contributed by atoms with van der Waals surface area (Å²) in [5.74, 6) is 0.787. The third-order valence-electron chi connectivity index (χ3n) is 2.81. The number of aromatic nitrogens is 1. The zero-order valence-corrected chi connectivity index (χ0v) is 12.2. The first kappa shape index (κ1) is 14.0. The quantitative estimate of drug-likeness (QED) is 0.853. The van der Waals surface area contributed by atoms with Crippen molar-refractivity contribution < 1.29 is 4.74 Å². The molecule has 5 heteroatoms. The fourth-order valence-corrected chi connectivity index (χ4v) is 2.27. The minimum atomic E-state index is 0.459. The molecule has 0 unspecified atom stereocenters. The topological polar surface area (TPSA) is 34.1 Å². The molecular weight excluding hydrogens is 283 g/mol. The SMILES string of the molecule is COc1ccc(Cl)cc1CNc1c(C)ccnc1Cl. The first-order valence-corrected chi connectivity index (χ1v) is 6.55. The Balaban J connectivity index is 2.21. The highest BCUT2D eigenvalue weighted by atomic mass is 35.5. The minimum absolute atomic E-state index is 0.459. The van der Waals surface area contributed by atoms with Crippen LogP contribution in [0.3, 0.4) is 0 Å². The van der Waals surface area contributed by atoms with Crippen LogP contribution in [0.1, 0.15) is 11.1 Å². The van der Waals surface area contributed by atoms with Gasteiger partial charge in [0.2, 0.25) is 0 Å². The predicted octanol–water partition coefficient (Wildman–Crippen LogP) is 4.32. The maximum Gasteiger partial charge on any atom is 0.152 e. The number of hydrogen-bond donors (Lipinski definition) is 1. The van der Waals surface area contributed by atoms with E-state index >= 15 is 0 Å². The number of ether oxygens (including phenoxy) is 1. The van der Waals surface area contributed by atoms with E-state index in [-0.39, 0.29) is 0 Å². The van der Waals surface area contributed by atoms with Gasteiger partial charge in [0.15, 0.2) is 5.15 Å². The highest BCUT2D eigenvalue weighted by Crippen LogP contribution is 2.27. The van der Waals surface area contributed by atoms with Crippen LogP contribution in [0.25, 0.3) is 0 Å². The monoisotopic (exact) mass is 296 g/mol. The van der Waals surface area contributed by atoms with Crippen LogP contribution >= 0.6 is 23.2 Å². The highest BCUT2D eigenvalue weighted by Gasteiger charge is 2.07. The van der Waals surface area contributed by atoms with Crippen molar-refractivity contribution in [2.45, 2.75) is 13.5 Å². The second kappa shape index (κ2) is 6.13. The van der Waals surface area contributed by atoms with Crippen LogP contribution in [0.2, 0.25) is 10.2 Å². The van der Waals surface area contributed by atoms with Crippen molar-refractivity contribution in [3.05, 3.63) is 51.8 Å². The van der Waals surface area contributed by atoms with Crippen molar-refractivity contribution >= 4 is 28.9 Å². The third-order valence-corrected chi connectivity index (χ3v) is 3.33. The van der Waals surface area contributed by atoms with Gasteiger partial charge in [-0.05, 0) is 36.8 Å². The van der Waals surface area contributed by atoms with Gasteiger partial charge in [0.05, 0.1) is 12.8 Å². The minimum Gasteiger partial charge on any atom is -0.496 e. The molecule has 19 heavy (non-hydrogen) atoms. The maximum absolute atomic E-state index is 6.07. The number of benzene rings is 1. The first-order valence-electron chi connectivity index (χ1n) is 5.79. The van der Waals surface area contributed by atoms with E-state index in [2.05, 4.69) is 10.3 Å². The maximum atomic E-state index is 6.07. The van der Waals surface area contributed by atoms with Crippen LogP contribution in [-0.2, 0) is 6.54 Å². The molecule has 0 spiro atoms. The number of rotatable bonds is 4. The van der Waals surface area contributed by atoms with Gasteiger partial charge < -0.3 is 10.1 Å². The Hall–Kier alpha value is -1.45. The van der Waals surface area contributed by atoms with E-state index < -0.39 is 0 Å². The number of pyridine rings is 1. The molecule has 0 saturated heterocycles. The van der Waals surface area contributed by atoms with Crippen molar-refractivity contribution in [1.29, 1.82) is 0 Å². The lowest BCUT2D eigenvalue weighted by Crippen LogP contribution is -2.04. The molecule has 1 aromatic carbocycles. The zero-order chi connectivity index (χ0) is 13.8. The summed E-state index contributed by atoms with van der Waals surface area (Å²) >= 11 is 12.1. The molecule has 3 nitrogen and oxygen atoms in total. The second-order valence-corrected chi connectivity index (χ2v) is 4.90. The molecule has 100 valence electrons. The lowest BCUT2D eigenvalue weighted by atomic mass is 10.2. The molecule has 0 radical (unpaired) electrons.